The summed E-state index contributed by atoms with van der Waals surface area (Å²) in [7, 11) is 0. The van der Waals surface area contributed by atoms with Gasteiger partial charge < -0.3 is 21.7 Å². The lowest BCUT2D eigenvalue weighted by Gasteiger charge is -2.46. The molecule has 0 saturated heterocycles. The van der Waals surface area contributed by atoms with Gasteiger partial charge in [-0.25, -0.2) is 4.98 Å². The van der Waals surface area contributed by atoms with Gasteiger partial charge in [-0.1, -0.05) is 30.4 Å². The predicted molar refractivity (Wildman–Crippen MR) is 119 cm³/mol. The summed E-state index contributed by atoms with van der Waals surface area (Å²) in [4.78, 5) is 17.5. The second-order valence-electron chi connectivity index (χ2n) is 7.83. The minimum Gasteiger partial charge on any atom is -0.384 e. The van der Waals surface area contributed by atoms with Gasteiger partial charge >= 0.3 is 0 Å². The summed E-state index contributed by atoms with van der Waals surface area (Å²) >= 11 is 5.65. The number of hydrogen-bond donors (Lipinski definition) is 4. The van der Waals surface area contributed by atoms with Crippen LogP contribution in [0, 0.1) is 6.92 Å². The maximum absolute atomic E-state index is 13.0. The number of nitrogens with one attached hydrogen (secondary N) is 3. The minimum absolute atomic E-state index is 0.112. The highest BCUT2D eigenvalue weighted by molar-refractivity contribution is 7.81. The van der Waals surface area contributed by atoms with E-state index in [9.17, 15) is 4.79 Å². The Labute approximate surface area is 176 Å². The van der Waals surface area contributed by atoms with E-state index in [1.807, 2.05) is 43.3 Å². The van der Waals surface area contributed by atoms with Gasteiger partial charge in [0.2, 0.25) is 0 Å². The van der Waals surface area contributed by atoms with Gasteiger partial charge in [0.1, 0.15) is 10.8 Å². The van der Waals surface area contributed by atoms with Gasteiger partial charge in [0.05, 0.1) is 5.57 Å². The first kappa shape index (κ1) is 19.4. The number of nitrogens with zero attached hydrogens (tertiary/aromatic N) is 1. The fraction of sp³-hybridized carbons (Fsp3) is 0.318. The molecular formula is C22H25N5OS. The van der Waals surface area contributed by atoms with Crippen molar-refractivity contribution >= 4 is 34.6 Å². The van der Waals surface area contributed by atoms with E-state index in [0.717, 1.165) is 48.2 Å². The Morgan fingerprint density at radius 1 is 1.31 bits per heavy atom. The van der Waals surface area contributed by atoms with Crippen LogP contribution in [0.4, 0.5) is 11.5 Å². The number of benzene rings is 1. The highest BCUT2D eigenvalue weighted by Gasteiger charge is 2.44. The van der Waals surface area contributed by atoms with E-state index in [4.69, 9.17) is 18.0 Å². The number of carbonyl (C=O) groups is 1. The number of aromatic nitrogens is 1. The number of amides is 1. The molecule has 0 atom stereocenters. The third-order valence-electron chi connectivity index (χ3n) is 5.71. The number of rotatable bonds is 5. The lowest BCUT2D eigenvalue weighted by molar-refractivity contribution is -0.120. The Morgan fingerprint density at radius 2 is 2.10 bits per heavy atom. The number of para-hydroxylation sites is 1. The summed E-state index contributed by atoms with van der Waals surface area (Å²) in [6.45, 7) is 2.57. The van der Waals surface area contributed by atoms with Crippen molar-refractivity contribution in [3.8, 4) is 0 Å². The molecule has 0 unspecified atom stereocenters. The molecule has 1 amide bonds. The minimum atomic E-state index is -0.140. The first-order valence-corrected chi connectivity index (χ1v) is 10.2. The lowest BCUT2D eigenvalue weighted by Crippen LogP contribution is -2.58. The summed E-state index contributed by atoms with van der Waals surface area (Å²) in [6.07, 6.45) is 5.57. The normalized spacial score (nSPS) is 17.5. The van der Waals surface area contributed by atoms with Crippen LogP contribution in [0.25, 0.3) is 0 Å². The molecule has 1 aromatic heterocycles. The van der Waals surface area contributed by atoms with Gasteiger partial charge in [-0.05, 0) is 55.5 Å². The zero-order chi connectivity index (χ0) is 20.4. The van der Waals surface area contributed by atoms with Crippen LogP contribution in [0.15, 0.2) is 53.9 Å². The SMILES string of the molecule is Cc1ccccc1NC(=S)C1=C(NCc2ccnc(N)c2)CC2(CCC2)NC1=O. The zero-order valence-electron chi connectivity index (χ0n) is 16.4. The van der Waals surface area contributed by atoms with Crippen molar-refractivity contribution in [3.05, 3.63) is 65.0 Å². The Bertz CT molecular complexity index is 996. The van der Waals surface area contributed by atoms with Crippen molar-refractivity contribution < 1.29 is 4.79 Å². The Morgan fingerprint density at radius 3 is 2.79 bits per heavy atom. The highest BCUT2D eigenvalue weighted by Crippen LogP contribution is 2.40. The van der Waals surface area contributed by atoms with Crippen LogP contribution >= 0.6 is 12.2 Å². The van der Waals surface area contributed by atoms with Crippen molar-refractivity contribution in [2.75, 3.05) is 11.1 Å². The van der Waals surface area contributed by atoms with Gasteiger partial charge in [-0.15, -0.1) is 0 Å². The molecule has 1 fully saturated rings. The number of pyridine rings is 1. The van der Waals surface area contributed by atoms with Gasteiger partial charge in [0.15, 0.2) is 0 Å². The van der Waals surface area contributed by atoms with Gasteiger partial charge in [0.25, 0.3) is 5.91 Å². The maximum atomic E-state index is 13.0. The number of aryl methyl sites for hydroxylation is 1. The van der Waals surface area contributed by atoms with Crippen LogP contribution < -0.4 is 21.7 Å². The van der Waals surface area contributed by atoms with Gasteiger partial charge in [-0.2, -0.15) is 0 Å². The van der Waals surface area contributed by atoms with Gasteiger partial charge in [0, 0.05) is 36.1 Å². The van der Waals surface area contributed by atoms with E-state index in [0.29, 0.717) is 22.9 Å². The molecule has 2 aliphatic rings. The smallest absolute Gasteiger partial charge is 0.256 e. The molecular weight excluding hydrogens is 382 g/mol. The molecule has 0 radical (unpaired) electrons. The number of carbonyl (C=O) groups excluding carboxylic acids is 1. The van der Waals surface area contributed by atoms with Crippen LogP contribution in [-0.2, 0) is 11.3 Å². The molecule has 1 aromatic carbocycles. The van der Waals surface area contributed by atoms with Crippen LogP contribution in [0.1, 0.15) is 36.8 Å². The largest absolute Gasteiger partial charge is 0.384 e. The van der Waals surface area contributed by atoms with Crippen LogP contribution in [0.2, 0.25) is 0 Å². The molecule has 1 spiro atoms. The molecule has 5 N–H and O–H groups in total. The fourth-order valence-corrected chi connectivity index (χ4v) is 4.24. The van der Waals surface area contributed by atoms with Crippen molar-refractivity contribution in [1.29, 1.82) is 0 Å². The Hall–Kier alpha value is -2.93. The molecule has 4 rings (SSSR count). The van der Waals surface area contributed by atoms with Crippen LogP contribution in [0.5, 0.6) is 0 Å². The summed E-state index contributed by atoms with van der Waals surface area (Å²) in [5.74, 6) is 0.367. The molecule has 1 saturated carbocycles. The van der Waals surface area contributed by atoms with Gasteiger partial charge in [-0.3, -0.25) is 4.79 Å². The van der Waals surface area contributed by atoms with E-state index in [-0.39, 0.29) is 11.4 Å². The van der Waals surface area contributed by atoms with Crippen LogP contribution in [-0.4, -0.2) is 21.4 Å². The summed E-state index contributed by atoms with van der Waals surface area (Å²) < 4.78 is 0. The number of thiocarbonyl (C=S) groups is 1. The summed E-state index contributed by atoms with van der Waals surface area (Å²) in [5.41, 5.74) is 10.0. The van der Waals surface area contributed by atoms with E-state index >= 15 is 0 Å². The molecule has 1 aliphatic heterocycles. The quantitative estimate of drug-likeness (QED) is 0.569. The van der Waals surface area contributed by atoms with E-state index < -0.39 is 0 Å². The third-order valence-corrected chi connectivity index (χ3v) is 6.01. The predicted octanol–water partition coefficient (Wildman–Crippen LogP) is 3.20. The zero-order valence-corrected chi connectivity index (χ0v) is 17.2. The van der Waals surface area contributed by atoms with Crippen molar-refractivity contribution in [1.82, 2.24) is 15.6 Å². The molecule has 1 aliphatic carbocycles. The van der Waals surface area contributed by atoms with Crippen molar-refractivity contribution in [3.63, 3.8) is 0 Å². The molecule has 150 valence electrons. The maximum Gasteiger partial charge on any atom is 0.256 e. The fourth-order valence-electron chi connectivity index (χ4n) is 3.92. The summed E-state index contributed by atoms with van der Waals surface area (Å²) in [6, 6.07) is 11.6. The topological polar surface area (TPSA) is 92.1 Å². The second-order valence-corrected chi connectivity index (χ2v) is 8.24. The molecule has 0 bridgehead atoms. The Kier molecular flexibility index (Phi) is 5.24. The number of anilines is 2. The molecule has 2 aromatic rings. The third kappa shape index (κ3) is 4.10. The van der Waals surface area contributed by atoms with E-state index in [2.05, 4.69) is 20.9 Å². The molecule has 29 heavy (non-hydrogen) atoms. The van der Waals surface area contributed by atoms with E-state index in [1.165, 1.54) is 0 Å². The number of hydrogen-bond acceptors (Lipinski definition) is 5. The lowest BCUT2D eigenvalue weighted by atomic mass is 9.71. The molecule has 6 nitrogen and oxygen atoms in total. The monoisotopic (exact) mass is 407 g/mol. The summed E-state index contributed by atoms with van der Waals surface area (Å²) in [5, 5.41) is 9.92. The average Bonchev–Trinajstić information content (AvgIpc) is 2.66. The average molecular weight is 408 g/mol. The Balaban J connectivity index is 1.61. The van der Waals surface area contributed by atoms with E-state index in [1.54, 1.807) is 6.20 Å². The molecule has 2 heterocycles. The standard InChI is InChI=1S/C22H25N5OS/c1-14-5-2-3-6-16(14)26-21(29)19-17(12-22(8-4-9-22)27-20(19)28)25-13-15-7-10-24-18(23)11-15/h2-3,5-7,10-11,25H,4,8-9,12-13H2,1H3,(H2,23,24)(H,26,29)(H,27,28). The van der Waals surface area contributed by atoms with Crippen molar-refractivity contribution in [2.24, 2.45) is 0 Å². The highest BCUT2D eigenvalue weighted by atomic mass is 32.1. The molecule has 7 heteroatoms. The first-order valence-electron chi connectivity index (χ1n) is 9.83. The number of nitrogen functional groups attached to an aromatic ring is 1. The number of nitrogens with two attached hydrogens (primary N) is 1. The van der Waals surface area contributed by atoms with Crippen LogP contribution in [0.3, 0.4) is 0 Å². The first-order chi connectivity index (χ1) is 14.0. The second kappa shape index (κ2) is 7.83. The van der Waals surface area contributed by atoms with Crippen molar-refractivity contribution in [2.45, 2.75) is 44.7 Å².